The van der Waals surface area contributed by atoms with Crippen LogP contribution in [-0.2, 0) is 11.4 Å². The van der Waals surface area contributed by atoms with Crippen LogP contribution in [0.25, 0.3) is 6.08 Å². The second-order valence-electron chi connectivity index (χ2n) is 6.56. The SMILES string of the molecule is O=C1N/C(=C/c2ccccc2OCc2ccc(Br)cc2)C(=O)N1c1ccc(Cl)cc1. The fraction of sp³-hybridized carbons (Fsp3) is 0.0435. The minimum Gasteiger partial charge on any atom is -0.488 e. The lowest BCUT2D eigenvalue weighted by Crippen LogP contribution is -2.30. The Bertz CT molecular complexity index is 1130. The molecule has 1 N–H and O–H groups in total. The molecule has 3 amide bonds. The first-order chi connectivity index (χ1) is 14.5. The number of halogens is 2. The van der Waals surface area contributed by atoms with Crippen molar-refractivity contribution in [3.05, 3.63) is 99.1 Å². The number of carbonyl (C=O) groups is 2. The van der Waals surface area contributed by atoms with Crippen LogP contribution in [0.2, 0.25) is 5.02 Å². The van der Waals surface area contributed by atoms with Gasteiger partial charge in [-0.15, -0.1) is 0 Å². The highest BCUT2D eigenvalue weighted by atomic mass is 79.9. The van der Waals surface area contributed by atoms with Gasteiger partial charge in [-0.05, 0) is 54.1 Å². The smallest absolute Gasteiger partial charge is 0.333 e. The molecule has 0 atom stereocenters. The van der Waals surface area contributed by atoms with Crippen molar-refractivity contribution in [1.29, 1.82) is 0 Å². The summed E-state index contributed by atoms with van der Waals surface area (Å²) < 4.78 is 6.95. The molecule has 1 aliphatic heterocycles. The van der Waals surface area contributed by atoms with Gasteiger partial charge in [0.05, 0.1) is 5.69 Å². The maximum atomic E-state index is 12.8. The van der Waals surface area contributed by atoms with Gasteiger partial charge >= 0.3 is 6.03 Å². The summed E-state index contributed by atoms with van der Waals surface area (Å²) in [6.07, 6.45) is 1.62. The average molecular weight is 484 g/mol. The molecule has 150 valence electrons. The van der Waals surface area contributed by atoms with Crippen LogP contribution >= 0.6 is 27.5 Å². The third kappa shape index (κ3) is 4.40. The highest BCUT2D eigenvalue weighted by Gasteiger charge is 2.34. The summed E-state index contributed by atoms with van der Waals surface area (Å²) in [4.78, 5) is 26.3. The summed E-state index contributed by atoms with van der Waals surface area (Å²) >= 11 is 9.31. The van der Waals surface area contributed by atoms with Crippen molar-refractivity contribution < 1.29 is 14.3 Å². The predicted molar refractivity (Wildman–Crippen MR) is 120 cm³/mol. The Labute approximate surface area is 187 Å². The van der Waals surface area contributed by atoms with Crippen LogP contribution in [0, 0.1) is 0 Å². The average Bonchev–Trinajstić information content (AvgIpc) is 3.02. The van der Waals surface area contributed by atoms with Crippen molar-refractivity contribution in [1.82, 2.24) is 5.32 Å². The summed E-state index contributed by atoms with van der Waals surface area (Å²) in [5, 5.41) is 3.15. The third-order valence-electron chi connectivity index (χ3n) is 4.49. The molecule has 3 aromatic rings. The van der Waals surface area contributed by atoms with E-state index in [-0.39, 0.29) is 5.70 Å². The van der Waals surface area contributed by atoms with Crippen LogP contribution in [0.1, 0.15) is 11.1 Å². The lowest BCUT2D eigenvalue weighted by Gasteiger charge is -2.11. The lowest BCUT2D eigenvalue weighted by atomic mass is 10.1. The van der Waals surface area contributed by atoms with Crippen molar-refractivity contribution in [3.63, 3.8) is 0 Å². The van der Waals surface area contributed by atoms with Crippen LogP contribution in [-0.4, -0.2) is 11.9 Å². The topological polar surface area (TPSA) is 58.6 Å². The molecular formula is C23H16BrClN2O3. The normalized spacial score (nSPS) is 14.9. The van der Waals surface area contributed by atoms with E-state index in [1.54, 1.807) is 30.3 Å². The van der Waals surface area contributed by atoms with Gasteiger partial charge in [-0.3, -0.25) is 4.79 Å². The number of anilines is 1. The predicted octanol–water partition coefficient (Wildman–Crippen LogP) is 5.78. The van der Waals surface area contributed by atoms with Crippen molar-refractivity contribution >= 4 is 51.2 Å². The lowest BCUT2D eigenvalue weighted by molar-refractivity contribution is -0.113. The number of hydrogen-bond donors (Lipinski definition) is 1. The Morgan fingerprint density at radius 1 is 0.967 bits per heavy atom. The Hall–Kier alpha value is -3.09. The van der Waals surface area contributed by atoms with E-state index in [9.17, 15) is 9.59 Å². The largest absolute Gasteiger partial charge is 0.488 e. The number of para-hydroxylation sites is 1. The first kappa shape index (κ1) is 20.2. The quantitative estimate of drug-likeness (QED) is 0.370. The van der Waals surface area contributed by atoms with E-state index >= 15 is 0 Å². The Morgan fingerprint density at radius 2 is 1.67 bits per heavy atom. The molecule has 5 nitrogen and oxygen atoms in total. The fourth-order valence-electron chi connectivity index (χ4n) is 2.99. The zero-order chi connectivity index (χ0) is 21.1. The van der Waals surface area contributed by atoms with E-state index in [0.717, 1.165) is 14.9 Å². The number of imide groups is 1. The highest BCUT2D eigenvalue weighted by Crippen LogP contribution is 2.27. The number of nitrogens with one attached hydrogen (secondary N) is 1. The molecule has 1 fully saturated rings. The van der Waals surface area contributed by atoms with Crippen molar-refractivity contribution in [2.75, 3.05) is 4.90 Å². The first-order valence-electron chi connectivity index (χ1n) is 9.10. The summed E-state index contributed by atoms with van der Waals surface area (Å²) in [5.41, 5.74) is 2.33. The molecule has 30 heavy (non-hydrogen) atoms. The van der Waals surface area contributed by atoms with Crippen molar-refractivity contribution in [2.45, 2.75) is 6.61 Å². The molecule has 7 heteroatoms. The Morgan fingerprint density at radius 3 is 2.40 bits per heavy atom. The van der Waals surface area contributed by atoms with E-state index in [0.29, 0.717) is 28.6 Å². The Kier molecular flexibility index (Phi) is 5.88. The molecule has 4 rings (SSSR count). The van der Waals surface area contributed by atoms with E-state index in [1.807, 2.05) is 48.5 Å². The zero-order valence-electron chi connectivity index (χ0n) is 15.6. The Balaban J connectivity index is 1.56. The zero-order valence-corrected chi connectivity index (χ0v) is 18.0. The molecule has 1 aliphatic rings. The fourth-order valence-corrected chi connectivity index (χ4v) is 3.38. The molecule has 3 aromatic carbocycles. The number of ether oxygens (including phenoxy) is 1. The number of benzene rings is 3. The van der Waals surface area contributed by atoms with Gasteiger partial charge in [-0.1, -0.05) is 57.9 Å². The van der Waals surface area contributed by atoms with Gasteiger partial charge in [0.15, 0.2) is 0 Å². The number of carbonyl (C=O) groups excluding carboxylic acids is 2. The number of urea groups is 1. The van der Waals surface area contributed by atoms with Gasteiger partial charge in [-0.2, -0.15) is 0 Å². The van der Waals surface area contributed by atoms with Crippen LogP contribution < -0.4 is 15.0 Å². The number of hydrogen-bond acceptors (Lipinski definition) is 3. The summed E-state index contributed by atoms with van der Waals surface area (Å²) in [6.45, 7) is 0.380. The molecule has 1 saturated heterocycles. The van der Waals surface area contributed by atoms with Gasteiger partial charge in [-0.25, -0.2) is 9.69 Å². The molecule has 0 radical (unpaired) electrons. The van der Waals surface area contributed by atoms with E-state index in [4.69, 9.17) is 16.3 Å². The van der Waals surface area contributed by atoms with Crippen LogP contribution in [0.15, 0.2) is 83.0 Å². The highest BCUT2D eigenvalue weighted by molar-refractivity contribution is 9.10. The molecule has 1 heterocycles. The van der Waals surface area contributed by atoms with E-state index in [1.165, 1.54) is 0 Å². The van der Waals surface area contributed by atoms with E-state index < -0.39 is 11.9 Å². The van der Waals surface area contributed by atoms with Gasteiger partial charge in [0.1, 0.15) is 18.1 Å². The molecule has 0 unspecified atom stereocenters. The number of rotatable bonds is 5. The first-order valence-corrected chi connectivity index (χ1v) is 10.3. The van der Waals surface area contributed by atoms with E-state index in [2.05, 4.69) is 21.2 Å². The molecular weight excluding hydrogens is 468 g/mol. The second-order valence-corrected chi connectivity index (χ2v) is 7.91. The number of amides is 3. The second kappa shape index (κ2) is 8.73. The maximum Gasteiger partial charge on any atom is 0.333 e. The van der Waals surface area contributed by atoms with Crippen LogP contribution in [0.5, 0.6) is 5.75 Å². The van der Waals surface area contributed by atoms with Gasteiger partial charge in [0, 0.05) is 15.1 Å². The summed E-state index contributed by atoms with van der Waals surface area (Å²) in [6, 6.07) is 21.2. The maximum absolute atomic E-state index is 12.8. The van der Waals surface area contributed by atoms with Crippen molar-refractivity contribution in [3.8, 4) is 5.75 Å². The monoisotopic (exact) mass is 482 g/mol. The summed E-state index contributed by atoms with van der Waals surface area (Å²) in [5.74, 6) is 0.171. The molecule has 0 saturated carbocycles. The molecule has 0 spiro atoms. The van der Waals surface area contributed by atoms with Crippen LogP contribution in [0.3, 0.4) is 0 Å². The summed E-state index contributed by atoms with van der Waals surface area (Å²) in [7, 11) is 0. The minimum absolute atomic E-state index is 0.176. The van der Waals surface area contributed by atoms with Gasteiger partial charge in [0.25, 0.3) is 5.91 Å². The molecule has 0 aliphatic carbocycles. The standard InChI is InChI=1S/C23H16BrClN2O3/c24-17-7-5-15(6-8-17)14-30-21-4-2-1-3-16(21)13-20-22(28)27(23(29)26-20)19-11-9-18(25)10-12-19/h1-13H,14H2,(H,26,29)/b20-13+. The van der Waals surface area contributed by atoms with Gasteiger partial charge < -0.3 is 10.1 Å². The minimum atomic E-state index is -0.512. The van der Waals surface area contributed by atoms with Crippen LogP contribution in [0.4, 0.5) is 10.5 Å². The van der Waals surface area contributed by atoms with Crippen molar-refractivity contribution in [2.24, 2.45) is 0 Å². The number of nitrogens with zero attached hydrogens (tertiary/aromatic N) is 1. The molecule has 0 aromatic heterocycles. The molecule has 0 bridgehead atoms. The third-order valence-corrected chi connectivity index (χ3v) is 5.27. The van der Waals surface area contributed by atoms with Gasteiger partial charge in [0.2, 0.25) is 0 Å².